The third-order valence-corrected chi connectivity index (χ3v) is 0. The molecule has 0 aliphatic carbocycles. The van der Waals surface area contributed by atoms with Crippen molar-refractivity contribution in [1.29, 1.82) is 0 Å². The van der Waals surface area contributed by atoms with Crippen molar-refractivity contribution in [3.05, 3.63) is 0 Å². The minimum absolute atomic E-state index is 0. The van der Waals surface area contributed by atoms with Gasteiger partial charge in [-0.05, 0) is 0 Å². The zero-order valence-corrected chi connectivity index (χ0v) is 14.1. The maximum atomic E-state index is 2.69. The fourth-order valence-corrected chi connectivity index (χ4v) is 0. The molecule has 52 valence electrons. The SMILES string of the molecule is C[C-]=[V].C[C-]=[V].[V+2].[V].[V].[V]. The molecule has 0 saturated heterocycles. The second kappa shape index (κ2) is 56.3. The Morgan fingerprint density at radius 3 is 0.800 bits per heavy atom. The molecule has 0 aliphatic rings. The number of hydrogen-bond donors (Lipinski definition) is 0. The summed E-state index contributed by atoms with van der Waals surface area (Å²) in [4.78, 5) is 0. The van der Waals surface area contributed by atoms with E-state index in [0.29, 0.717) is 0 Å². The van der Waals surface area contributed by atoms with Crippen LogP contribution in [0.3, 0.4) is 0 Å². The molecule has 10 heavy (non-hydrogen) atoms. The van der Waals surface area contributed by atoms with Gasteiger partial charge in [-0.1, -0.05) is 0 Å². The molecule has 4 radical (unpaired) electrons. The van der Waals surface area contributed by atoms with Gasteiger partial charge in [0.1, 0.15) is 0 Å². The molecule has 0 N–H and O–H groups in total. The topological polar surface area (TPSA) is 0 Å². The second-order valence-electron chi connectivity index (χ2n) is 0.447. The Morgan fingerprint density at radius 2 is 0.800 bits per heavy atom. The van der Waals surface area contributed by atoms with Crippen molar-refractivity contribution in [2.45, 2.75) is 13.8 Å². The molecule has 0 aliphatic heterocycles. The van der Waals surface area contributed by atoms with E-state index < -0.39 is 0 Å². The van der Waals surface area contributed by atoms with Crippen molar-refractivity contribution in [2.24, 2.45) is 0 Å². The molecule has 0 aromatic heterocycles. The minimum Gasteiger partial charge on any atom is 0 e. The van der Waals surface area contributed by atoms with Gasteiger partial charge in [-0.15, -0.1) is 0 Å². The van der Waals surface area contributed by atoms with Gasteiger partial charge in [0, 0.05) is 55.7 Å². The predicted octanol–water partition coefficient (Wildman–Crippen LogP) is 0.455. The first-order chi connectivity index (χ1) is 2.83. The van der Waals surface area contributed by atoms with Crippen LogP contribution in [0.4, 0.5) is 0 Å². The number of hydrogen-bond acceptors (Lipinski definition) is 0. The largest absolute Gasteiger partial charge is 2.00 e. The molecule has 6 heteroatoms. The smallest absolute Gasteiger partial charge is 0 e. The molecule has 0 aromatic rings. The third kappa shape index (κ3) is 112. The Morgan fingerprint density at radius 1 is 0.800 bits per heavy atom. The zero-order chi connectivity index (χ0) is 5.41. The van der Waals surface area contributed by atoms with Crippen molar-refractivity contribution < 1.29 is 108 Å². The number of rotatable bonds is 0. The standard InChI is InChI=1S/2C2H3.6V/c2*1-2;;;;;;/h2*1H3;;;;;;/q2*-1;;;;;;+2. The monoisotopic (exact) mass is 360 g/mol. The zero-order valence-electron chi connectivity index (χ0n) is 5.68. The van der Waals surface area contributed by atoms with E-state index >= 15 is 0 Å². The Bertz CT molecular complexity index is 30.7. The quantitative estimate of drug-likeness (QED) is 0.551. The maximum absolute atomic E-state index is 2.69. The van der Waals surface area contributed by atoms with Gasteiger partial charge in [-0.3, -0.25) is 0 Å². The first-order valence-electron chi connectivity index (χ1n) is 1.45. The average Bonchev–Trinajstić information content (AvgIpc) is 1.39. The average molecular weight is 360 g/mol. The van der Waals surface area contributed by atoms with Crippen molar-refractivity contribution in [3.63, 3.8) is 0 Å². The van der Waals surface area contributed by atoms with Gasteiger partial charge in [-0.2, -0.15) is 0 Å². The van der Waals surface area contributed by atoms with Crippen molar-refractivity contribution in [1.82, 2.24) is 0 Å². The molecule has 0 fully saturated rings. The Balaban J connectivity index is -0.00000000571. The van der Waals surface area contributed by atoms with E-state index in [0.717, 1.165) is 0 Å². The van der Waals surface area contributed by atoms with Crippen LogP contribution in [0.5, 0.6) is 0 Å². The Labute approximate surface area is 129 Å². The van der Waals surface area contributed by atoms with Crippen LogP contribution in [0.2, 0.25) is 0 Å². The second-order valence-corrected chi connectivity index (χ2v) is 1.84. The van der Waals surface area contributed by atoms with Crippen LogP contribution in [0.1, 0.15) is 13.8 Å². The summed E-state index contributed by atoms with van der Waals surface area (Å²) in [5.74, 6) is 0. The van der Waals surface area contributed by atoms with Crippen molar-refractivity contribution >= 4 is 9.46 Å². The van der Waals surface area contributed by atoms with E-state index in [9.17, 15) is 0 Å². The van der Waals surface area contributed by atoms with Gasteiger partial charge in [0.25, 0.3) is 0 Å². The summed E-state index contributed by atoms with van der Waals surface area (Å²) in [5, 5.41) is 0. The summed E-state index contributed by atoms with van der Waals surface area (Å²) in [7, 11) is 0. The van der Waals surface area contributed by atoms with Gasteiger partial charge in [0.15, 0.2) is 0 Å². The van der Waals surface area contributed by atoms with Gasteiger partial charge in [0.2, 0.25) is 0 Å². The molecular formula is C4H6V6. The van der Waals surface area contributed by atoms with E-state index in [2.05, 4.69) is 43.4 Å². The predicted molar refractivity (Wildman–Crippen MR) is 21.4 cm³/mol. The summed E-state index contributed by atoms with van der Waals surface area (Å²) in [6, 6.07) is 0. The van der Waals surface area contributed by atoms with Crippen molar-refractivity contribution in [2.75, 3.05) is 0 Å². The van der Waals surface area contributed by atoms with E-state index in [4.69, 9.17) is 0 Å². The van der Waals surface area contributed by atoms with Crippen LogP contribution in [0.25, 0.3) is 0 Å². The molecule has 0 atom stereocenters. The first-order valence-corrected chi connectivity index (χ1v) is 2.84. The molecule has 0 saturated carbocycles. The first kappa shape index (κ1) is 37.8. The van der Waals surface area contributed by atoms with Gasteiger partial charge >= 0.3 is 75.8 Å². The fourth-order valence-electron chi connectivity index (χ4n) is 0. The third-order valence-electron chi connectivity index (χ3n) is 0. The van der Waals surface area contributed by atoms with Crippen LogP contribution in [0.15, 0.2) is 0 Å². The van der Waals surface area contributed by atoms with E-state index in [1.807, 2.05) is 13.8 Å². The molecule has 0 spiro atoms. The summed E-state index contributed by atoms with van der Waals surface area (Å²) in [5.41, 5.74) is 0. The minimum atomic E-state index is 0. The molecule has 0 nitrogen and oxygen atoms in total. The van der Waals surface area contributed by atoms with E-state index in [1.54, 1.807) is 0 Å². The summed E-state index contributed by atoms with van der Waals surface area (Å²) < 4.78 is 5.38. The van der Waals surface area contributed by atoms with Crippen LogP contribution in [-0.4, -0.2) is 9.46 Å². The molecule has 0 aromatic carbocycles. The normalized spacial score (nSPS) is 2.40. The van der Waals surface area contributed by atoms with Gasteiger partial charge < -0.3 is 0 Å². The summed E-state index contributed by atoms with van der Waals surface area (Å²) >= 11 is 4.43. The van der Waals surface area contributed by atoms with Crippen molar-refractivity contribution in [3.8, 4) is 0 Å². The van der Waals surface area contributed by atoms with Crippen LogP contribution in [0, 0.1) is 0 Å². The fraction of sp³-hybridized carbons (Fsp3) is 0.500. The molecule has 0 heterocycles. The van der Waals surface area contributed by atoms with E-state index in [-0.39, 0.29) is 74.2 Å². The van der Waals surface area contributed by atoms with E-state index in [1.165, 1.54) is 0 Å². The maximum Gasteiger partial charge on any atom is 2.00 e. The summed E-state index contributed by atoms with van der Waals surface area (Å²) in [6.07, 6.45) is 0. The molecule has 0 bridgehead atoms. The Kier molecular flexibility index (Phi) is 213. The molecule has 0 rings (SSSR count). The molecular weight excluding hydrogens is 354 g/mol. The van der Waals surface area contributed by atoms with Crippen LogP contribution < -0.4 is 0 Å². The molecule has 0 unspecified atom stereocenters. The van der Waals surface area contributed by atoms with Crippen LogP contribution in [-0.2, 0) is 108 Å². The molecule has 0 amide bonds. The summed E-state index contributed by atoms with van der Waals surface area (Å²) in [6.45, 7) is 3.69. The van der Waals surface area contributed by atoms with Gasteiger partial charge in [0.05, 0.1) is 0 Å². The van der Waals surface area contributed by atoms with Crippen LogP contribution >= 0.6 is 0 Å². The van der Waals surface area contributed by atoms with Gasteiger partial charge in [-0.25, -0.2) is 0 Å². The Hall–Kier alpha value is 3.25.